The molecule has 1 fully saturated rings. The van der Waals surface area contributed by atoms with Crippen molar-refractivity contribution in [1.29, 1.82) is 0 Å². The molecule has 1 N–H and O–H groups in total. The summed E-state index contributed by atoms with van der Waals surface area (Å²) >= 11 is 3.44. The lowest BCUT2D eigenvalue weighted by atomic mass is 10.1. The summed E-state index contributed by atoms with van der Waals surface area (Å²) in [5, 5.41) is 8.95. The summed E-state index contributed by atoms with van der Waals surface area (Å²) < 4.78 is 6.42. The van der Waals surface area contributed by atoms with Gasteiger partial charge in [-0.15, -0.1) is 0 Å². The van der Waals surface area contributed by atoms with E-state index in [1.54, 1.807) is 0 Å². The van der Waals surface area contributed by atoms with E-state index in [9.17, 15) is 4.79 Å². The van der Waals surface area contributed by atoms with Crippen molar-refractivity contribution < 1.29 is 14.6 Å². The van der Waals surface area contributed by atoms with Crippen LogP contribution in [0.5, 0.6) is 0 Å². The Labute approximate surface area is 115 Å². The zero-order chi connectivity index (χ0) is 13.1. The smallest absolute Gasteiger partial charge is 0.305 e. The molecule has 0 radical (unpaired) electrons. The van der Waals surface area contributed by atoms with Gasteiger partial charge in [-0.05, 0) is 30.7 Å². The Hall–Kier alpha value is -1.07. The molecule has 2 rings (SSSR count). The molecule has 0 saturated carbocycles. The summed E-state index contributed by atoms with van der Waals surface area (Å²) in [7, 11) is 0. The van der Waals surface area contributed by atoms with Gasteiger partial charge in [-0.2, -0.15) is 0 Å². The molecular weight excluding hydrogens is 298 g/mol. The van der Waals surface area contributed by atoms with Gasteiger partial charge in [0.05, 0.1) is 25.7 Å². The van der Waals surface area contributed by atoms with Crippen LogP contribution in [0.15, 0.2) is 22.7 Å². The predicted octanol–water partition coefficient (Wildman–Crippen LogP) is 2.44. The second-order valence-corrected chi connectivity index (χ2v) is 5.37. The van der Waals surface area contributed by atoms with E-state index < -0.39 is 5.97 Å². The molecule has 0 aliphatic carbocycles. The lowest BCUT2D eigenvalue weighted by molar-refractivity contribution is -0.138. The number of rotatable bonds is 3. The molecule has 0 bridgehead atoms. The minimum absolute atomic E-state index is 0.0869. The van der Waals surface area contributed by atoms with Gasteiger partial charge in [-0.1, -0.05) is 15.9 Å². The molecule has 1 aromatic carbocycles. The van der Waals surface area contributed by atoms with Crippen LogP contribution in [-0.4, -0.2) is 36.9 Å². The van der Waals surface area contributed by atoms with Crippen LogP contribution in [0.2, 0.25) is 0 Å². The second-order valence-electron chi connectivity index (χ2n) is 4.45. The SMILES string of the molecule is Cc1cc(Br)ccc1N1CCOCC1CC(=O)O. The second kappa shape index (κ2) is 5.71. The van der Waals surface area contributed by atoms with Gasteiger partial charge in [0.25, 0.3) is 0 Å². The third kappa shape index (κ3) is 3.03. The number of carbonyl (C=O) groups is 1. The van der Waals surface area contributed by atoms with Crippen LogP contribution < -0.4 is 4.90 Å². The Bertz CT molecular complexity index is 450. The Morgan fingerprint density at radius 3 is 3.06 bits per heavy atom. The predicted molar refractivity (Wildman–Crippen MR) is 73.1 cm³/mol. The fraction of sp³-hybridized carbons (Fsp3) is 0.462. The van der Waals surface area contributed by atoms with Crippen LogP contribution in [0.3, 0.4) is 0 Å². The maximum atomic E-state index is 10.9. The normalized spacial score (nSPS) is 19.9. The van der Waals surface area contributed by atoms with E-state index in [1.165, 1.54) is 0 Å². The molecule has 0 amide bonds. The maximum Gasteiger partial charge on any atom is 0.305 e. The van der Waals surface area contributed by atoms with Gasteiger partial charge in [0.2, 0.25) is 0 Å². The van der Waals surface area contributed by atoms with Crippen molar-refractivity contribution in [3.63, 3.8) is 0 Å². The van der Waals surface area contributed by atoms with E-state index in [4.69, 9.17) is 9.84 Å². The number of benzene rings is 1. The molecule has 0 spiro atoms. The number of ether oxygens (including phenoxy) is 1. The number of hydrogen-bond donors (Lipinski definition) is 1. The quantitative estimate of drug-likeness (QED) is 0.931. The molecule has 1 atom stereocenters. The number of hydrogen-bond acceptors (Lipinski definition) is 3. The molecule has 4 nitrogen and oxygen atoms in total. The number of aryl methyl sites for hydroxylation is 1. The first kappa shape index (κ1) is 13.4. The van der Waals surface area contributed by atoms with E-state index >= 15 is 0 Å². The highest BCUT2D eigenvalue weighted by molar-refractivity contribution is 9.10. The van der Waals surface area contributed by atoms with Gasteiger partial charge in [0.15, 0.2) is 0 Å². The zero-order valence-corrected chi connectivity index (χ0v) is 11.8. The van der Waals surface area contributed by atoms with E-state index in [1.807, 2.05) is 25.1 Å². The van der Waals surface area contributed by atoms with Gasteiger partial charge in [-0.3, -0.25) is 4.79 Å². The lowest BCUT2D eigenvalue weighted by Gasteiger charge is -2.37. The molecule has 1 aromatic rings. The summed E-state index contributed by atoms with van der Waals surface area (Å²) in [5.74, 6) is -0.787. The molecule has 1 saturated heterocycles. The van der Waals surface area contributed by atoms with E-state index in [0.717, 1.165) is 22.3 Å². The Balaban J connectivity index is 2.24. The first-order valence-electron chi connectivity index (χ1n) is 5.90. The van der Waals surface area contributed by atoms with Gasteiger partial charge in [0, 0.05) is 16.7 Å². The monoisotopic (exact) mass is 313 g/mol. The molecule has 0 aromatic heterocycles. The highest BCUT2D eigenvalue weighted by Gasteiger charge is 2.26. The van der Waals surface area contributed by atoms with Gasteiger partial charge in [-0.25, -0.2) is 0 Å². The van der Waals surface area contributed by atoms with Crippen molar-refractivity contribution in [3.05, 3.63) is 28.2 Å². The first-order valence-corrected chi connectivity index (χ1v) is 6.69. The fourth-order valence-electron chi connectivity index (χ4n) is 2.28. The van der Waals surface area contributed by atoms with E-state index in [0.29, 0.717) is 13.2 Å². The standard InChI is InChI=1S/C13H16BrNO3/c1-9-6-10(14)2-3-12(9)15-4-5-18-8-11(15)7-13(16)17/h2-3,6,11H,4-5,7-8H2,1H3,(H,16,17). The summed E-state index contributed by atoms with van der Waals surface area (Å²) in [5.41, 5.74) is 2.23. The van der Waals surface area contributed by atoms with Crippen molar-refractivity contribution in [2.45, 2.75) is 19.4 Å². The first-order chi connectivity index (χ1) is 8.58. The average molecular weight is 314 g/mol. The van der Waals surface area contributed by atoms with Gasteiger partial charge >= 0.3 is 5.97 Å². The number of anilines is 1. The molecular formula is C13H16BrNO3. The molecule has 98 valence electrons. The van der Waals surface area contributed by atoms with E-state index in [2.05, 4.69) is 20.8 Å². The molecule has 5 heteroatoms. The minimum atomic E-state index is -0.787. The van der Waals surface area contributed by atoms with Crippen molar-refractivity contribution in [3.8, 4) is 0 Å². The van der Waals surface area contributed by atoms with Crippen LogP contribution in [0, 0.1) is 6.92 Å². The maximum absolute atomic E-state index is 10.9. The summed E-state index contributed by atoms with van der Waals surface area (Å²) in [6.45, 7) is 3.89. The molecule has 1 unspecified atom stereocenters. The number of carboxylic acid groups (broad SMARTS) is 1. The van der Waals surface area contributed by atoms with Crippen molar-refractivity contribution >= 4 is 27.6 Å². The number of carboxylic acids is 1. The minimum Gasteiger partial charge on any atom is -0.481 e. The molecule has 1 heterocycles. The van der Waals surface area contributed by atoms with Crippen molar-refractivity contribution in [2.24, 2.45) is 0 Å². The van der Waals surface area contributed by atoms with Crippen LogP contribution >= 0.6 is 15.9 Å². The number of nitrogens with zero attached hydrogens (tertiary/aromatic N) is 1. The third-order valence-electron chi connectivity index (χ3n) is 3.11. The number of aliphatic carboxylic acids is 1. The summed E-state index contributed by atoms with van der Waals surface area (Å²) in [4.78, 5) is 13.0. The fourth-order valence-corrected chi connectivity index (χ4v) is 2.76. The highest BCUT2D eigenvalue weighted by atomic mass is 79.9. The lowest BCUT2D eigenvalue weighted by Crippen LogP contribution is -2.47. The third-order valence-corrected chi connectivity index (χ3v) is 3.60. The van der Waals surface area contributed by atoms with Crippen LogP contribution in [-0.2, 0) is 9.53 Å². The summed E-state index contributed by atoms with van der Waals surface area (Å²) in [6, 6.07) is 5.97. The molecule has 1 aliphatic rings. The highest BCUT2D eigenvalue weighted by Crippen LogP contribution is 2.27. The van der Waals surface area contributed by atoms with Crippen LogP contribution in [0.25, 0.3) is 0 Å². The molecule has 18 heavy (non-hydrogen) atoms. The number of morpholine rings is 1. The number of halogens is 1. The summed E-state index contributed by atoms with van der Waals surface area (Å²) in [6.07, 6.45) is 0.107. The van der Waals surface area contributed by atoms with Crippen LogP contribution in [0.1, 0.15) is 12.0 Å². The molecule has 1 aliphatic heterocycles. The Morgan fingerprint density at radius 2 is 2.39 bits per heavy atom. The van der Waals surface area contributed by atoms with Gasteiger partial charge < -0.3 is 14.7 Å². The van der Waals surface area contributed by atoms with Gasteiger partial charge in [0.1, 0.15) is 0 Å². The topological polar surface area (TPSA) is 49.8 Å². The Kier molecular flexibility index (Phi) is 4.24. The average Bonchev–Trinajstić information content (AvgIpc) is 2.30. The zero-order valence-electron chi connectivity index (χ0n) is 10.2. The van der Waals surface area contributed by atoms with E-state index in [-0.39, 0.29) is 12.5 Å². The Morgan fingerprint density at radius 1 is 1.61 bits per heavy atom. The van der Waals surface area contributed by atoms with Crippen molar-refractivity contribution in [2.75, 3.05) is 24.7 Å². The largest absolute Gasteiger partial charge is 0.481 e. The van der Waals surface area contributed by atoms with Crippen LogP contribution in [0.4, 0.5) is 5.69 Å². The van der Waals surface area contributed by atoms with Crippen molar-refractivity contribution in [1.82, 2.24) is 0 Å².